The maximum absolute atomic E-state index is 10.4. The van der Waals surface area contributed by atoms with E-state index in [2.05, 4.69) is 9.98 Å². The van der Waals surface area contributed by atoms with Gasteiger partial charge in [0.05, 0.1) is 18.8 Å². The lowest BCUT2D eigenvalue weighted by Crippen LogP contribution is -2.02. The van der Waals surface area contributed by atoms with Crippen LogP contribution >= 0.6 is 0 Å². The zero-order valence-electron chi connectivity index (χ0n) is 15.3. The Morgan fingerprint density at radius 1 is 1.14 bits per heavy atom. The van der Waals surface area contributed by atoms with E-state index in [9.17, 15) is 15.3 Å². The van der Waals surface area contributed by atoms with Crippen molar-refractivity contribution in [3.63, 3.8) is 0 Å². The molecule has 0 radical (unpaired) electrons. The molecule has 1 atom stereocenters. The van der Waals surface area contributed by atoms with Gasteiger partial charge in [0.2, 0.25) is 0 Å². The molecule has 1 unspecified atom stereocenters. The van der Waals surface area contributed by atoms with E-state index in [1.165, 1.54) is 6.07 Å². The van der Waals surface area contributed by atoms with Crippen molar-refractivity contribution in [2.24, 2.45) is 4.99 Å². The molecule has 6 heteroatoms. The molecule has 1 aliphatic heterocycles. The molecule has 0 amide bonds. The van der Waals surface area contributed by atoms with E-state index in [1.807, 2.05) is 30.3 Å². The zero-order chi connectivity index (χ0) is 19.7. The van der Waals surface area contributed by atoms with Crippen LogP contribution in [0.15, 0.2) is 53.7 Å². The average Bonchev–Trinajstić information content (AvgIpc) is 3.12. The molecular weight excluding hydrogens is 356 g/mol. The number of aromatic hydroxyl groups is 3. The predicted octanol–water partition coefficient (Wildman–Crippen LogP) is 3.75. The van der Waals surface area contributed by atoms with Crippen LogP contribution in [0.5, 0.6) is 17.2 Å². The molecule has 2 aromatic carbocycles. The number of aromatic nitrogens is 1. The summed E-state index contributed by atoms with van der Waals surface area (Å²) < 4.78 is 5.81. The number of rotatable bonds is 4. The number of pyridine rings is 1. The number of aliphatic imine (C=N–C) groups is 1. The Morgan fingerprint density at radius 2 is 1.93 bits per heavy atom. The lowest BCUT2D eigenvalue weighted by Gasteiger charge is -2.16. The maximum Gasteiger partial charge on any atom is 0.143 e. The smallest absolute Gasteiger partial charge is 0.143 e. The maximum atomic E-state index is 10.4. The molecule has 3 N–H and O–H groups in total. The van der Waals surface area contributed by atoms with Crippen molar-refractivity contribution in [2.45, 2.75) is 26.2 Å². The number of hydrogen-bond acceptors (Lipinski definition) is 6. The van der Waals surface area contributed by atoms with Crippen LogP contribution in [0.25, 0.3) is 0 Å². The van der Waals surface area contributed by atoms with Crippen molar-refractivity contribution >= 4 is 6.21 Å². The fourth-order valence-corrected chi connectivity index (χ4v) is 3.32. The van der Waals surface area contributed by atoms with Gasteiger partial charge in [0.15, 0.2) is 0 Å². The van der Waals surface area contributed by atoms with Gasteiger partial charge in [0.25, 0.3) is 0 Å². The minimum absolute atomic E-state index is 0.0618. The van der Waals surface area contributed by atoms with Gasteiger partial charge in [-0.2, -0.15) is 0 Å². The first-order valence-electron chi connectivity index (χ1n) is 8.93. The number of ether oxygens (including phenoxy) is 1. The molecular formula is C22H20N2O4. The zero-order valence-corrected chi connectivity index (χ0v) is 15.3. The molecule has 1 aromatic heterocycles. The summed E-state index contributed by atoms with van der Waals surface area (Å²) in [6.45, 7) is 2.48. The quantitative estimate of drug-likeness (QED) is 0.603. The third-order valence-corrected chi connectivity index (χ3v) is 4.83. The first-order valence-corrected chi connectivity index (χ1v) is 8.93. The molecule has 0 bridgehead atoms. The van der Waals surface area contributed by atoms with Crippen LogP contribution in [0.3, 0.4) is 0 Å². The highest BCUT2D eigenvalue weighted by Gasteiger charge is 2.31. The summed E-state index contributed by atoms with van der Waals surface area (Å²) in [4.78, 5) is 8.53. The molecule has 6 nitrogen and oxygen atoms in total. The van der Waals surface area contributed by atoms with Crippen molar-refractivity contribution in [1.29, 1.82) is 0 Å². The molecule has 0 spiro atoms. The van der Waals surface area contributed by atoms with Crippen LogP contribution in [0.2, 0.25) is 0 Å². The van der Waals surface area contributed by atoms with Crippen LogP contribution in [-0.2, 0) is 17.9 Å². The number of benzene rings is 2. The van der Waals surface area contributed by atoms with Crippen LogP contribution in [0.4, 0.5) is 0 Å². The highest BCUT2D eigenvalue weighted by molar-refractivity contribution is 5.84. The Kier molecular flexibility index (Phi) is 4.71. The van der Waals surface area contributed by atoms with Crippen molar-refractivity contribution in [2.75, 3.05) is 0 Å². The molecule has 2 heterocycles. The van der Waals surface area contributed by atoms with Gasteiger partial charge in [-0.1, -0.05) is 30.3 Å². The van der Waals surface area contributed by atoms with Crippen molar-refractivity contribution < 1.29 is 20.1 Å². The van der Waals surface area contributed by atoms with Crippen LogP contribution in [0, 0.1) is 6.92 Å². The number of phenols is 2. The van der Waals surface area contributed by atoms with Crippen LogP contribution in [0.1, 0.15) is 39.6 Å². The van der Waals surface area contributed by atoms with E-state index in [-0.39, 0.29) is 17.2 Å². The van der Waals surface area contributed by atoms with Gasteiger partial charge in [0.1, 0.15) is 23.4 Å². The summed E-state index contributed by atoms with van der Waals surface area (Å²) in [5.41, 5.74) is 3.85. The number of fused-ring (bicyclic) bond motifs is 1. The molecule has 1 aliphatic rings. The largest absolute Gasteiger partial charge is 0.507 e. The highest BCUT2D eigenvalue weighted by Crippen LogP contribution is 2.45. The van der Waals surface area contributed by atoms with E-state index < -0.39 is 6.10 Å². The fraction of sp³-hybridized carbons (Fsp3) is 0.182. The van der Waals surface area contributed by atoms with Crippen molar-refractivity contribution in [3.8, 4) is 17.2 Å². The first-order chi connectivity index (χ1) is 13.5. The molecule has 0 fully saturated rings. The van der Waals surface area contributed by atoms with Gasteiger partial charge < -0.3 is 20.1 Å². The molecule has 142 valence electrons. The summed E-state index contributed by atoms with van der Waals surface area (Å²) in [5, 5.41) is 31.0. The standard InChI is InChI=1S/C22H20N2O4/c1-13-21(27)20-16(11-24-13)12-28-22(20)17-7-15(18(25)8-19(17)26)10-23-9-14-5-3-2-4-6-14/h2-8,10-11,22,25-27H,9,12H2,1H3. The van der Waals surface area contributed by atoms with Gasteiger partial charge in [-0.25, -0.2) is 0 Å². The molecule has 28 heavy (non-hydrogen) atoms. The Hall–Kier alpha value is -3.38. The highest BCUT2D eigenvalue weighted by atomic mass is 16.5. The fourth-order valence-electron chi connectivity index (χ4n) is 3.32. The summed E-state index contributed by atoms with van der Waals surface area (Å²) in [5.74, 6) is -0.123. The second-order valence-corrected chi connectivity index (χ2v) is 6.75. The Balaban J connectivity index is 1.67. The van der Waals surface area contributed by atoms with E-state index >= 15 is 0 Å². The monoisotopic (exact) mass is 376 g/mol. The van der Waals surface area contributed by atoms with E-state index in [4.69, 9.17) is 4.74 Å². The van der Waals surface area contributed by atoms with Crippen LogP contribution in [-0.4, -0.2) is 26.5 Å². The Morgan fingerprint density at radius 3 is 2.71 bits per heavy atom. The Bertz CT molecular complexity index is 1050. The van der Waals surface area contributed by atoms with E-state index in [1.54, 1.807) is 25.4 Å². The second-order valence-electron chi connectivity index (χ2n) is 6.75. The van der Waals surface area contributed by atoms with Gasteiger partial charge >= 0.3 is 0 Å². The second kappa shape index (κ2) is 7.32. The van der Waals surface area contributed by atoms with Crippen LogP contribution < -0.4 is 0 Å². The molecule has 0 aliphatic carbocycles. The number of phenolic OH excluding ortho intramolecular Hbond substituents is 2. The van der Waals surface area contributed by atoms with E-state index in [0.717, 1.165) is 11.1 Å². The van der Waals surface area contributed by atoms with Gasteiger partial charge in [-0.3, -0.25) is 9.98 Å². The van der Waals surface area contributed by atoms with Crippen molar-refractivity contribution in [1.82, 2.24) is 4.98 Å². The first kappa shape index (κ1) is 18.0. The van der Waals surface area contributed by atoms with Gasteiger partial charge in [-0.05, 0) is 18.6 Å². The lowest BCUT2D eigenvalue weighted by molar-refractivity contribution is 0.0910. The summed E-state index contributed by atoms with van der Waals surface area (Å²) in [6.07, 6.45) is 2.60. The number of nitrogens with zero attached hydrogens (tertiary/aromatic N) is 2. The summed E-state index contributed by atoms with van der Waals surface area (Å²) in [7, 11) is 0. The predicted molar refractivity (Wildman–Crippen MR) is 105 cm³/mol. The Labute approximate surface area is 162 Å². The third-order valence-electron chi connectivity index (χ3n) is 4.83. The van der Waals surface area contributed by atoms with Gasteiger partial charge in [0, 0.05) is 40.7 Å². The average molecular weight is 376 g/mol. The molecule has 0 saturated heterocycles. The topological polar surface area (TPSA) is 95.2 Å². The summed E-state index contributed by atoms with van der Waals surface area (Å²) in [6, 6.07) is 12.7. The van der Waals surface area contributed by atoms with Crippen molar-refractivity contribution in [3.05, 3.63) is 82.2 Å². The molecule has 0 saturated carbocycles. The number of hydrogen-bond donors (Lipinski definition) is 3. The minimum atomic E-state index is -0.640. The van der Waals surface area contributed by atoms with Gasteiger partial charge in [-0.15, -0.1) is 0 Å². The van der Waals surface area contributed by atoms with E-state index in [0.29, 0.717) is 35.5 Å². The minimum Gasteiger partial charge on any atom is -0.507 e. The SMILES string of the molecule is Cc1ncc2c(c1O)C(c1cc(C=NCc3ccccc3)c(O)cc1O)OC2. The summed E-state index contributed by atoms with van der Waals surface area (Å²) >= 11 is 0. The molecule has 4 rings (SSSR count). The molecule has 3 aromatic rings. The third kappa shape index (κ3) is 3.30. The number of aryl methyl sites for hydroxylation is 1. The normalized spacial score (nSPS) is 15.8. The lowest BCUT2D eigenvalue weighted by atomic mass is 9.96.